The van der Waals surface area contributed by atoms with Gasteiger partial charge in [-0.25, -0.2) is 0 Å². The van der Waals surface area contributed by atoms with Crippen molar-refractivity contribution in [1.82, 2.24) is 5.32 Å². The number of rotatable bonds is 4. The monoisotopic (exact) mass is 238 g/mol. The number of hydrogen-bond acceptors (Lipinski definition) is 2. The van der Waals surface area contributed by atoms with E-state index in [1.807, 2.05) is 0 Å². The molecule has 2 rings (SSSR count). The van der Waals surface area contributed by atoms with Crippen LogP contribution in [0.4, 0.5) is 0 Å². The third-order valence-corrected chi connectivity index (χ3v) is 5.41. The minimum Gasteiger partial charge on any atom is -0.329 e. The molecule has 0 aromatic rings. The lowest BCUT2D eigenvalue weighted by molar-refractivity contribution is 0.0779. The van der Waals surface area contributed by atoms with Gasteiger partial charge in [-0.15, -0.1) is 0 Å². The Kier molecular flexibility index (Phi) is 3.57. The van der Waals surface area contributed by atoms with Crippen molar-refractivity contribution in [2.75, 3.05) is 13.1 Å². The summed E-state index contributed by atoms with van der Waals surface area (Å²) in [5.74, 6) is 2.55. The number of hydrogen-bond donors (Lipinski definition) is 2. The Hall–Kier alpha value is -0.0800. The summed E-state index contributed by atoms with van der Waals surface area (Å²) in [6.07, 6.45) is 5.27. The summed E-state index contributed by atoms with van der Waals surface area (Å²) < 4.78 is 0. The van der Waals surface area contributed by atoms with E-state index in [0.717, 1.165) is 18.4 Å². The molecule has 0 heterocycles. The maximum atomic E-state index is 6.10. The average molecular weight is 238 g/mol. The molecule has 4 atom stereocenters. The Morgan fingerprint density at radius 2 is 1.88 bits per heavy atom. The minimum atomic E-state index is 0.220. The first kappa shape index (κ1) is 13.4. The highest BCUT2D eigenvalue weighted by molar-refractivity contribution is 5.01. The van der Waals surface area contributed by atoms with Crippen LogP contribution in [0.2, 0.25) is 0 Å². The van der Waals surface area contributed by atoms with E-state index in [1.54, 1.807) is 0 Å². The number of nitrogens with one attached hydrogen (secondary N) is 1. The van der Waals surface area contributed by atoms with Crippen molar-refractivity contribution in [1.29, 1.82) is 0 Å². The Morgan fingerprint density at radius 1 is 1.24 bits per heavy atom. The predicted octanol–water partition coefficient (Wildman–Crippen LogP) is 2.78. The molecule has 2 heteroatoms. The maximum Gasteiger partial charge on any atom is 0.0330 e. The highest BCUT2D eigenvalue weighted by atomic mass is 15.0. The van der Waals surface area contributed by atoms with Crippen LogP contribution in [0, 0.1) is 23.2 Å². The molecule has 2 aliphatic rings. The SMILES string of the molecule is CC1CC1CNC1(CN)CCC(C)(C)CC1C. The highest BCUT2D eigenvalue weighted by Gasteiger charge is 2.44. The molecular weight excluding hydrogens is 208 g/mol. The van der Waals surface area contributed by atoms with Crippen molar-refractivity contribution in [2.24, 2.45) is 28.9 Å². The molecule has 17 heavy (non-hydrogen) atoms. The van der Waals surface area contributed by atoms with E-state index in [-0.39, 0.29) is 5.54 Å². The summed E-state index contributed by atoms with van der Waals surface area (Å²) in [7, 11) is 0. The zero-order valence-electron chi connectivity index (χ0n) is 12.1. The molecule has 0 amide bonds. The van der Waals surface area contributed by atoms with Crippen molar-refractivity contribution >= 4 is 0 Å². The zero-order chi connectivity index (χ0) is 12.7. The third-order valence-electron chi connectivity index (χ3n) is 5.41. The molecule has 100 valence electrons. The van der Waals surface area contributed by atoms with Gasteiger partial charge in [0, 0.05) is 12.1 Å². The normalized spacial score (nSPS) is 44.6. The Bertz CT molecular complexity index is 274. The van der Waals surface area contributed by atoms with Gasteiger partial charge in [-0.05, 0) is 55.4 Å². The maximum absolute atomic E-state index is 6.10. The van der Waals surface area contributed by atoms with Crippen LogP contribution in [0.25, 0.3) is 0 Å². The van der Waals surface area contributed by atoms with Gasteiger partial charge in [-0.3, -0.25) is 0 Å². The first-order chi connectivity index (χ1) is 7.88. The quantitative estimate of drug-likeness (QED) is 0.790. The molecule has 0 bridgehead atoms. The van der Waals surface area contributed by atoms with E-state index >= 15 is 0 Å². The van der Waals surface area contributed by atoms with Crippen LogP contribution in [-0.2, 0) is 0 Å². The molecular formula is C15H30N2. The van der Waals surface area contributed by atoms with E-state index in [1.165, 1.54) is 32.2 Å². The van der Waals surface area contributed by atoms with Gasteiger partial charge in [-0.2, -0.15) is 0 Å². The average Bonchev–Trinajstić information content (AvgIpc) is 2.94. The van der Waals surface area contributed by atoms with Gasteiger partial charge in [0.15, 0.2) is 0 Å². The fourth-order valence-electron chi connectivity index (χ4n) is 3.59. The fraction of sp³-hybridized carbons (Fsp3) is 1.00. The van der Waals surface area contributed by atoms with Crippen LogP contribution in [0.5, 0.6) is 0 Å². The second kappa shape index (κ2) is 4.55. The number of nitrogens with two attached hydrogens (primary N) is 1. The van der Waals surface area contributed by atoms with Crippen LogP contribution >= 0.6 is 0 Å². The molecule has 0 aliphatic heterocycles. The highest BCUT2D eigenvalue weighted by Crippen LogP contribution is 2.44. The van der Waals surface area contributed by atoms with E-state index in [4.69, 9.17) is 5.73 Å². The van der Waals surface area contributed by atoms with Crippen LogP contribution < -0.4 is 11.1 Å². The van der Waals surface area contributed by atoms with Crippen molar-refractivity contribution < 1.29 is 0 Å². The van der Waals surface area contributed by atoms with Gasteiger partial charge in [0.2, 0.25) is 0 Å². The molecule has 4 unspecified atom stereocenters. The second-order valence-corrected chi connectivity index (χ2v) is 7.48. The van der Waals surface area contributed by atoms with Crippen molar-refractivity contribution in [3.8, 4) is 0 Å². The van der Waals surface area contributed by atoms with Gasteiger partial charge in [0.1, 0.15) is 0 Å². The zero-order valence-corrected chi connectivity index (χ0v) is 12.1. The molecule has 0 spiro atoms. The van der Waals surface area contributed by atoms with Crippen molar-refractivity contribution in [3.05, 3.63) is 0 Å². The lowest BCUT2D eigenvalue weighted by Crippen LogP contribution is -2.59. The first-order valence-electron chi connectivity index (χ1n) is 7.34. The molecule has 0 aromatic carbocycles. The lowest BCUT2D eigenvalue weighted by atomic mass is 9.64. The molecule has 0 aromatic heterocycles. The summed E-state index contributed by atoms with van der Waals surface area (Å²) in [5, 5.41) is 3.84. The Morgan fingerprint density at radius 3 is 2.35 bits per heavy atom. The Labute approximate surface area is 107 Å². The predicted molar refractivity (Wildman–Crippen MR) is 73.9 cm³/mol. The van der Waals surface area contributed by atoms with Gasteiger partial charge >= 0.3 is 0 Å². The third kappa shape index (κ3) is 2.85. The molecule has 2 saturated carbocycles. The van der Waals surface area contributed by atoms with E-state index in [0.29, 0.717) is 11.3 Å². The van der Waals surface area contributed by atoms with Gasteiger partial charge in [0.25, 0.3) is 0 Å². The molecule has 0 saturated heterocycles. The summed E-state index contributed by atoms with van der Waals surface area (Å²) in [4.78, 5) is 0. The van der Waals surface area contributed by atoms with E-state index in [9.17, 15) is 0 Å². The van der Waals surface area contributed by atoms with Gasteiger partial charge in [0.05, 0.1) is 0 Å². The molecule has 0 radical (unpaired) electrons. The summed E-state index contributed by atoms with van der Waals surface area (Å²) in [5.41, 5.74) is 6.82. The van der Waals surface area contributed by atoms with Crippen LogP contribution in [0.1, 0.15) is 53.4 Å². The smallest absolute Gasteiger partial charge is 0.0330 e. The summed E-state index contributed by atoms with van der Waals surface area (Å²) in [6, 6.07) is 0. The summed E-state index contributed by atoms with van der Waals surface area (Å²) in [6.45, 7) is 11.5. The van der Waals surface area contributed by atoms with Gasteiger partial charge in [-0.1, -0.05) is 27.7 Å². The van der Waals surface area contributed by atoms with Crippen molar-refractivity contribution in [2.45, 2.75) is 58.9 Å². The minimum absolute atomic E-state index is 0.220. The Balaban J connectivity index is 1.94. The fourth-order valence-corrected chi connectivity index (χ4v) is 3.59. The van der Waals surface area contributed by atoms with E-state index in [2.05, 4.69) is 33.0 Å². The molecule has 2 fully saturated rings. The summed E-state index contributed by atoms with van der Waals surface area (Å²) >= 11 is 0. The van der Waals surface area contributed by atoms with Gasteiger partial charge < -0.3 is 11.1 Å². The van der Waals surface area contributed by atoms with Crippen LogP contribution in [0.3, 0.4) is 0 Å². The molecule has 3 N–H and O–H groups in total. The second-order valence-electron chi connectivity index (χ2n) is 7.48. The lowest BCUT2D eigenvalue weighted by Gasteiger charge is -2.48. The largest absolute Gasteiger partial charge is 0.329 e. The van der Waals surface area contributed by atoms with E-state index < -0.39 is 0 Å². The van der Waals surface area contributed by atoms with Crippen molar-refractivity contribution in [3.63, 3.8) is 0 Å². The standard InChI is InChI=1S/C15H30N2/c1-11-7-13(11)9-17-15(10-16)6-5-14(3,4)8-12(15)2/h11-13,17H,5-10,16H2,1-4H3. The van der Waals surface area contributed by atoms with Crippen LogP contribution in [-0.4, -0.2) is 18.6 Å². The topological polar surface area (TPSA) is 38.0 Å². The van der Waals surface area contributed by atoms with Crippen LogP contribution in [0.15, 0.2) is 0 Å². The first-order valence-corrected chi connectivity index (χ1v) is 7.34. The molecule has 2 aliphatic carbocycles. The molecule has 2 nitrogen and oxygen atoms in total.